The van der Waals surface area contributed by atoms with Crippen molar-refractivity contribution < 1.29 is 18.7 Å². The average Bonchev–Trinajstić information content (AvgIpc) is 2.52. The monoisotopic (exact) mass is 351 g/mol. The Bertz CT molecular complexity index is 628. The van der Waals surface area contributed by atoms with Gasteiger partial charge in [0, 0.05) is 45.7 Å². The molecule has 1 aromatic rings. The van der Waals surface area contributed by atoms with E-state index in [2.05, 4.69) is 10.2 Å². The van der Waals surface area contributed by atoms with E-state index in [0.717, 1.165) is 19.6 Å². The lowest BCUT2D eigenvalue weighted by molar-refractivity contribution is -0.114. The molecule has 1 saturated heterocycles. The van der Waals surface area contributed by atoms with E-state index in [1.54, 1.807) is 11.9 Å². The number of amides is 2. The molecule has 0 spiro atoms. The first-order chi connectivity index (χ1) is 11.8. The molecular formula is C18H26FN3O3. The van der Waals surface area contributed by atoms with Crippen molar-refractivity contribution in [1.29, 1.82) is 0 Å². The van der Waals surface area contributed by atoms with Crippen LogP contribution in [0.5, 0.6) is 0 Å². The quantitative estimate of drug-likeness (QED) is 0.881. The van der Waals surface area contributed by atoms with Gasteiger partial charge in [-0.3, -0.25) is 14.5 Å². The Morgan fingerprint density at radius 1 is 1.32 bits per heavy atom. The molecule has 0 unspecified atom stereocenters. The summed E-state index contributed by atoms with van der Waals surface area (Å²) < 4.78 is 19.4. The standard InChI is InChI=1S/C18H26FN3O3/c1-12-10-22(11-13(2)25-12)8-7-21(4)18(24)15-5-6-16(19)17(9-15)20-14(3)23/h5-6,9,12-13H,7-8,10-11H2,1-4H3,(H,20,23)/t12-,13+. The van der Waals surface area contributed by atoms with Gasteiger partial charge in [0.1, 0.15) is 5.82 Å². The number of anilines is 1. The summed E-state index contributed by atoms with van der Waals surface area (Å²) in [6.45, 7) is 8.37. The molecule has 25 heavy (non-hydrogen) atoms. The minimum Gasteiger partial charge on any atom is -0.373 e. The van der Waals surface area contributed by atoms with Crippen molar-refractivity contribution >= 4 is 17.5 Å². The summed E-state index contributed by atoms with van der Waals surface area (Å²) in [7, 11) is 1.72. The lowest BCUT2D eigenvalue weighted by Gasteiger charge is -2.36. The number of ether oxygens (including phenoxy) is 1. The van der Waals surface area contributed by atoms with E-state index in [9.17, 15) is 14.0 Å². The first-order valence-corrected chi connectivity index (χ1v) is 8.46. The highest BCUT2D eigenvalue weighted by molar-refractivity contribution is 5.96. The van der Waals surface area contributed by atoms with Crippen molar-refractivity contribution in [2.75, 3.05) is 38.5 Å². The Balaban J connectivity index is 1.96. The summed E-state index contributed by atoms with van der Waals surface area (Å²) in [5.41, 5.74) is 0.360. The predicted molar refractivity (Wildman–Crippen MR) is 94.1 cm³/mol. The van der Waals surface area contributed by atoms with E-state index in [0.29, 0.717) is 12.1 Å². The van der Waals surface area contributed by atoms with E-state index in [1.807, 2.05) is 13.8 Å². The van der Waals surface area contributed by atoms with E-state index in [1.165, 1.54) is 25.1 Å². The highest BCUT2D eigenvalue weighted by Crippen LogP contribution is 2.17. The van der Waals surface area contributed by atoms with Gasteiger partial charge in [-0.05, 0) is 32.0 Å². The van der Waals surface area contributed by atoms with Crippen molar-refractivity contribution in [1.82, 2.24) is 9.80 Å². The number of nitrogens with one attached hydrogen (secondary N) is 1. The zero-order valence-corrected chi connectivity index (χ0v) is 15.2. The van der Waals surface area contributed by atoms with Gasteiger partial charge in [-0.15, -0.1) is 0 Å². The van der Waals surface area contributed by atoms with Crippen LogP contribution >= 0.6 is 0 Å². The largest absolute Gasteiger partial charge is 0.373 e. The number of carbonyl (C=O) groups excluding carboxylic acids is 2. The fourth-order valence-corrected chi connectivity index (χ4v) is 3.02. The molecule has 0 aliphatic carbocycles. The summed E-state index contributed by atoms with van der Waals surface area (Å²) >= 11 is 0. The van der Waals surface area contributed by atoms with E-state index >= 15 is 0 Å². The maximum absolute atomic E-state index is 13.7. The van der Waals surface area contributed by atoms with Crippen LogP contribution in [-0.2, 0) is 9.53 Å². The molecule has 1 fully saturated rings. The Morgan fingerprint density at radius 3 is 2.56 bits per heavy atom. The number of benzene rings is 1. The molecule has 0 radical (unpaired) electrons. The number of halogens is 1. The fraction of sp³-hybridized carbons (Fsp3) is 0.556. The Hall–Kier alpha value is -1.99. The van der Waals surface area contributed by atoms with E-state index in [4.69, 9.17) is 4.74 Å². The predicted octanol–water partition coefficient (Wildman–Crippen LogP) is 1.97. The van der Waals surface area contributed by atoms with Gasteiger partial charge in [0.25, 0.3) is 5.91 Å². The molecular weight excluding hydrogens is 325 g/mol. The molecule has 1 aliphatic rings. The molecule has 1 heterocycles. The molecule has 2 rings (SSSR count). The maximum Gasteiger partial charge on any atom is 0.253 e. The van der Waals surface area contributed by atoms with Crippen LogP contribution in [0.1, 0.15) is 31.1 Å². The topological polar surface area (TPSA) is 61.9 Å². The molecule has 138 valence electrons. The molecule has 0 aromatic heterocycles. The lowest BCUT2D eigenvalue weighted by atomic mass is 10.1. The minimum absolute atomic E-state index is 0.0163. The van der Waals surface area contributed by atoms with Crippen LogP contribution in [0, 0.1) is 5.82 Å². The van der Waals surface area contributed by atoms with Gasteiger partial charge in [-0.25, -0.2) is 4.39 Å². The second-order valence-corrected chi connectivity index (χ2v) is 6.62. The van der Waals surface area contributed by atoms with Crippen molar-refractivity contribution in [2.24, 2.45) is 0 Å². The number of carbonyl (C=O) groups is 2. The van der Waals surface area contributed by atoms with Crippen LogP contribution in [0.3, 0.4) is 0 Å². The van der Waals surface area contributed by atoms with Crippen LogP contribution in [0.2, 0.25) is 0 Å². The zero-order chi connectivity index (χ0) is 18.6. The fourth-order valence-electron chi connectivity index (χ4n) is 3.02. The van der Waals surface area contributed by atoms with Crippen LogP contribution in [0.4, 0.5) is 10.1 Å². The molecule has 0 bridgehead atoms. The van der Waals surface area contributed by atoms with Gasteiger partial charge in [0.05, 0.1) is 17.9 Å². The van der Waals surface area contributed by atoms with Gasteiger partial charge < -0.3 is 15.0 Å². The highest BCUT2D eigenvalue weighted by atomic mass is 19.1. The first-order valence-electron chi connectivity index (χ1n) is 8.46. The van der Waals surface area contributed by atoms with Crippen molar-refractivity contribution in [3.05, 3.63) is 29.6 Å². The Kier molecular flexibility index (Phi) is 6.50. The molecule has 1 N–H and O–H groups in total. The summed E-state index contributed by atoms with van der Waals surface area (Å²) in [6.07, 6.45) is 0.365. The summed E-state index contributed by atoms with van der Waals surface area (Å²) in [6, 6.07) is 3.99. The Labute approximate surface area is 147 Å². The van der Waals surface area contributed by atoms with Crippen molar-refractivity contribution in [3.8, 4) is 0 Å². The molecule has 2 amide bonds. The SMILES string of the molecule is CC(=O)Nc1cc(C(=O)N(C)CCN2C[C@@H](C)O[C@@H](C)C2)ccc1F. The third-order valence-electron chi connectivity index (χ3n) is 4.12. The number of nitrogens with zero attached hydrogens (tertiary/aromatic N) is 2. The van der Waals surface area contributed by atoms with Gasteiger partial charge in [0.15, 0.2) is 0 Å². The van der Waals surface area contributed by atoms with Gasteiger partial charge in [0.2, 0.25) is 5.91 Å². The van der Waals surface area contributed by atoms with Crippen LogP contribution in [0.25, 0.3) is 0 Å². The molecule has 1 aliphatic heterocycles. The molecule has 6 nitrogen and oxygen atoms in total. The van der Waals surface area contributed by atoms with Crippen LogP contribution in [-0.4, -0.2) is 67.0 Å². The van der Waals surface area contributed by atoms with Gasteiger partial charge in [-0.1, -0.05) is 0 Å². The lowest BCUT2D eigenvalue weighted by Crippen LogP contribution is -2.48. The van der Waals surface area contributed by atoms with Crippen molar-refractivity contribution in [2.45, 2.75) is 33.0 Å². The number of morpholine rings is 1. The molecule has 0 saturated carbocycles. The smallest absolute Gasteiger partial charge is 0.253 e. The summed E-state index contributed by atoms with van der Waals surface area (Å²) in [5.74, 6) is -1.15. The molecule has 2 atom stereocenters. The van der Waals surface area contributed by atoms with Gasteiger partial charge in [-0.2, -0.15) is 0 Å². The second-order valence-electron chi connectivity index (χ2n) is 6.62. The number of hydrogen-bond donors (Lipinski definition) is 1. The van der Waals surface area contributed by atoms with Crippen LogP contribution in [0.15, 0.2) is 18.2 Å². The van der Waals surface area contributed by atoms with E-state index in [-0.39, 0.29) is 29.7 Å². The van der Waals surface area contributed by atoms with E-state index < -0.39 is 5.82 Å². The second kappa shape index (κ2) is 8.40. The van der Waals surface area contributed by atoms with Crippen LogP contribution < -0.4 is 5.32 Å². The zero-order valence-electron chi connectivity index (χ0n) is 15.2. The Morgan fingerprint density at radius 2 is 1.96 bits per heavy atom. The first kappa shape index (κ1) is 19.3. The maximum atomic E-state index is 13.7. The summed E-state index contributed by atoms with van der Waals surface area (Å²) in [4.78, 5) is 27.5. The average molecular weight is 351 g/mol. The number of rotatable bonds is 5. The number of likely N-dealkylation sites (N-methyl/N-ethyl adjacent to an activating group) is 1. The molecule has 7 heteroatoms. The molecule has 1 aromatic carbocycles. The number of hydrogen-bond acceptors (Lipinski definition) is 4. The normalized spacial score (nSPS) is 21.0. The summed E-state index contributed by atoms with van der Waals surface area (Å²) in [5, 5.41) is 2.39. The van der Waals surface area contributed by atoms with Gasteiger partial charge >= 0.3 is 0 Å². The third-order valence-corrected chi connectivity index (χ3v) is 4.12. The third kappa shape index (κ3) is 5.51. The minimum atomic E-state index is -0.564. The highest BCUT2D eigenvalue weighted by Gasteiger charge is 2.23. The van der Waals surface area contributed by atoms with Crippen molar-refractivity contribution in [3.63, 3.8) is 0 Å².